The van der Waals surface area contributed by atoms with Crippen LogP contribution in [0.25, 0.3) is 0 Å². The molecule has 0 aromatic rings. The number of hydrogen-bond acceptors (Lipinski definition) is 7. The van der Waals surface area contributed by atoms with Gasteiger partial charge in [-0.25, -0.2) is 0 Å². The van der Waals surface area contributed by atoms with Gasteiger partial charge in [0.25, 0.3) is 0 Å². The van der Waals surface area contributed by atoms with Crippen LogP contribution in [-0.2, 0) is 14.4 Å². The van der Waals surface area contributed by atoms with Crippen LogP contribution < -0.4 is 15.3 Å². The van der Waals surface area contributed by atoms with E-state index in [9.17, 15) is 29.7 Å². The quantitative estimate of drug-likeness (QED) is 0.478. The molecule has 0 atom stereocenters. The van der Waals surface area contributed by atoms with E-state index in [2.05, 4.69) is 0 Å². The van der Waals surface area contributed by atoms with Gasteiger partial charge in [-0.3, -0.25) is 4.90 Å². The summed E-state index contributed by atoms with van der Waals surface area (Å²) in [6.07, 6.45) is 0. The summed E-state index contributed by atoms with van der Waals surface area (Å²) in [6, 6.07) is 0. The van der Waals surface area contributed by atoms with E-state index in [0.717, 1.165) is 0 Å². The summed E-state index contributed by atoms with van der Waals surface area (Å²) >= 11 is 0. The fourth-order valence-electron chi connectivity index (χ4n) is 0.715. The van der Waals surface area contributed by atoms with E-state index in [0.29, 0.717) is 4.90 Å². The number of carboxylic acid groups (broad SMARTS) is 3. The monoisotopic (exact) mass is 303 g/mol. The maximum Gasteiger partial charge on any atom is 3.00 e. The van der Waals surface area contributed by atoms with Crippen molar-refractivity contribution in [2.75, 3.05) is 19.6 Å². The Kier molecular flexibility index (Phi) is 8.55. The third kappa shape index (κ3) is 9.33. The van der Waals surface area contributed by atoms with Crippen LogP contribution in [0.4, 0.5) is 0 Å². The molecule has 0 aromatic carbocycles. The predicted molar refractivity (Wildman–Crippen MR) is 37.2 cm³/mol. The normalized spacial score (nSPS) is 9.21. The molecule has 0 bridgehead atoms. The zero-order valence-electron chi connectivity index (χ0n) is 7.10. The molecule has 0 N–H and O–H groups in total. The summed E-state index contributed by atoms with van der Waals surface area (Å²) in [6.45, 7) is -2.37. The van der Waals surface area contributed by atoms with Crippen molar-refractivity contribution in [2.45, 2.75) is 0 Å². The third-order valence-corrected chi connectivity index (χ3v) is 1.06. The number of nitrogens with zero attached hydrogens (tertiary/aromatic N) is 1. The fourth-order valence-corrected chi connectivity index (χ4v) is 0.715. The average Bonchev–Trinajstić information content (AvgIpc) is 1.80. The van der Waals surface area contributed by atoms with Gasteiger partial charge < -0.3 is 29.7 Å². The Morgan fingerprint density at radius 2 is 1.00 bits per heavy atom. The SMILES string of the molecule is O=C([O-])CN(CC(=O)[O-])CC(=O)[O-].[In+3]. The van der Waals surface area contributed by atoms with Crippen LogP contribution >= 0.6 is 0 Å². The zero-order valence-corrected chi connectivity index (χ0v) is 10.4. The molecule has 0 saturated carbocycles. The minimum atomic E-state index is -1.57. The number of hydrogen-bond donors (Lipinski definition) is 0. The van der Waals surface area contributed by atoms with Gasteiger partial charge in [0.05, 0.1) is 17.9 Å². The van der Waals surface area contributed by atoms with Crippen LogP contribution in [0.2, 0.25) is 0 Å². The average molecular weight is 303 g/mol. The smallest absolute Gasteiger partial charge is 0.549 e. The first-order valence-corrected chi connectivity index (χ1v) is 3.23. The molecule has 0 aliphatic rings. The minimum Gasteiger partial charge on any atom is -0.549 e. The summed E-state index contributed by atoms with van der Waals surface area (Å²) < 4.78 is 0. The maximum atomic E-state index is 9.99. The first-order valence-electron chi connectivity index (χ1n) is 3.23. The standard InChI is InChI=1S/C6H9NO6.In/c8-4(9)1-7(2-5(10)11)3-6(12)13;/h1-3H2,(H,8,9)(H,10,11)(H,12,13);/q;+3/p-3. The van der Waals surface area contributed by atoms with E-state index in [1.54, 1.807) is 0 Å². The van der Waals surface area contributed by atoms with Gasteiger partial charge in [-0.15, -0.1) is 0 Å². The third-order valence-electron chi connectivity index (χ3n) is 1.06. The number of aliphatic carboxylic acids is 3. The Labute approximate surface area is 98.1 Å². The Morgan fingerprint density at radius 3 is 1.14 bits per heavy atom. The first kappa shape index (κ1) is 15.7. The second kappa shape index (κ2) is 7.63. The van der Waals surface area contributed by atoms with Crippen LogP contribution in [0.15, 0.2) is 0 Å². The van der Waals surface area contributed by atoms with E-state index in [1.165, 1.54) is 0 Å². The van der Waals surface area contributed by atoms with Crippen LogP contribution in [0, 0.1) is 0 Å². The molecule has 14 heavy (non-hydrogen) atoms. The van der Waals surface area contributed by atoms with Crippen molar-refractivity contribution in [1.29, 1.82) is 0 Å². The minimum absolute atomic E-state index is 0. The van der Waals surface area contributed by atoms with Crippen LogP contribution in [0.3, 0.4) is 0 Å². The molecular formula is C6H6InNO6. The molecule has 0 aromatic heterocycles. The predicted octanol–water partition coefficient (Wildman–Crippen LogP) is -5.84. The van der Waals surface area contributed by atoms with Crippen molar-refractivity contribution < 1.29 is 29.7 Å². The topological polar surface area (TPSA) is 124 Å². The fraction of sp³-hybridized carbons (Fsp3) is 0.500. The molecule has 8 heteroatoms. The van der Waals surface area contributed by atoms with Gasteiger partial charge in [0.2, 0.25) is 0 Å². The molecule has 0 heterocycles. The number of carbonyl (C=O) groups is 3. The Balaban J connectivity index is 0. The Bertz CT molecular complexity index is 192. The molecular weight excluding hydrogens is 297 g/mol. The van der Waals surface area contributed by atoms with Gasteiger partial charge in [0.1, 0.15) is 0 Å². The molecule has 74 valence electrons. The summed E-state index contributed by atoms with van der Waals surface area (Å²) in [5.74, 6) is -4.70. The van der Waals surface area contributed by atoms with Gasteiger partial charge in [0.15, 0.2) is 0 Å². The van der Waals surface area contributed by atoms with Gasteiger partial charge in [-0.1, -0.05) is 0 Å². The molecule has 0 aliphatic carbocycles. The van der Waals surface area contributed by atoms with E-state index in [4.69, 9.17) is 0 Å². The first-order chi connectivity index (χ1) is 5.91. The van der Waals surface area contributed by atoms with Crippen LogP contribution in [-0.4, -0.2) is 68.3 Å². The van der Waals surface area contributed by atoms with E-state index in [1.807, 2.05) is 0 Å². The van der Waals surface area contributed by atoms with Crippen molar-refractivity contribution in [1.82, 2.24) is 4.90 Å². The summed E-state index contributed by atoms with van der Waals surface area (Å²) in [7, 11) is 0. The molecule has 7 nitrogen and oxygen atoms in total. The molecule has 0 rings (SSSR count). The molecule has 0 fully saturated rings. The summed E-state index contributed by atoms with van der Waals surface area (Å²) in [5, 5.41) is 30.0. The number of carboxylic acids is 3. The van der Waals surface area contributed by atoms with Gasteiger partial charge in [-0.2, -0.15) is 0 Å². The molecule has 0 spiro atoms. The second-order valence-corrected chi connectivity index (χ2v) is 2.26. The van der Waals surface area contributed by atoms with Crippen LogP contribution in [0.1, 0.15) is 0 Å². The van der Waals surface area contributed by atoms with E-state index >= 15 is 0 Å². The van der Waals surface area contributed by atoms with Gasteiger partial charge >= 0.3 is 25.8 Å². The largest absolute Gasteiger partial charge is 3.00 e. The van der Waals surface area contributed by atoms with Crippen molar-refractivity contribution >= 4 is 43.8 Å². The summed E-state index contributed by atoms with van der Waals surface area (Å²) in [4.78, 5) is 30.6. The summed E-state index contributed by atoms with van der Waals surface area (Å²) in [5.41, 5.74) is 0. The maximum absolute atomic E-state index is 9.99. The van der Waals surface area contributed by atoms with Gasteiger partial charge in [0, 0.05) is 19.6 Å². The zero-order chi connectivity index (χ0) is 10.4. The van der Waals surface area contributed by atoms with Crippen molar-refractivity contribution in [3.8, 4) is 0 Å². The van der Waals surface area contributed by atoms with Crippen molar-refractivity contribution in [2.24, 2.45) is 0 Å². The molecule has 0 radical (unpaired) electrons. The van der Waals surface area contributed by atoms with Crippen molar-refractivity contribution in [3.05, 3.63) is 0 Å². The number of rotatable bonds is 6. The molecule has 0 amide bonds. The molecule has 0 unspecified atom stereocenters. The second-order valence-electron chi connectivity index (χ2n) is 2.26. The van der Waals surface area contributed by atoms with Crippen molar-refractivity contribution in [3.63, 3.8) is 0 Å². The van der Waals surface area contributed by atoms with Gasteiger partial charge in [-0.05, 0) is 0 Å². The molecule has 0 saturated heterocycles. The van der Waals surface area contributed by atoms with Crippen LogP contribution in [0.5, 0.6) is 0 Å². The Morgan fingerprint density at radius 1 is 0.786 bits per heavy atom. The van der Waals surface area contributed by atoms with E-state index in [-0.39, 0.29) is 25.8 Å². The van der Waals surface area contributed by atoms with E-state index < -0.39 is 37.5 Å². The molecule has 0 aliphatic heterocycles. The number of carbonyl (C=O) groups excluding carboxylic acids is 3. The Hall–Kier alpha value is -0.760.